The maximum atomic E-state index is 13.8. The fourth-order valence-corrected chi connectivity index (χ4v) is 5.21. The molecule has 0 aliphatic carbocycles. The average Bonchev–Trinajstić information content (AvgIpc) is 3.45. The fraction of sp³-hybridized carbons (Fsp3) is 0.440. The van der Waals surface area contributed by atoms with Gasteiger partial charge in [-0.3, -0.25) is 4.79 Å². The van der Waals surface area contributed by atoms with Gasteiger partial charge in [-0.15, -0.1) is 0 Å². The fourth-order valence-electron chi connectivity index (χ4n) is 4.60. The molecule has 2 aliphatic heterocycles. The van der Waals surface area contributed by atoms with E-state index in [1.807, 2.05) is 49.4 Å². The average molecular weight is 484 g/mol. The zero-order valence-corrected chi connectivity index (χ0v) is 20.6. The lowest BCUT2D eigenvalue weighted by Crippen LogP contribution is -2.55. The third kappa shape index (κ3) is 3.68. The number of rotatable bonds is 4. The van der Waals surface area contributed by atoms with Gasteiger partial charge in [0.05, 0.1) is 36.2 Å². The SMILES string of the molecule is CC(C)C(O)c1cc2c(cc1O)OCc1c(C(=O)N3CCOCC3(C)C)nn(-c3ccsc3)c1-2. The van der Waals surface area contributed by atoms with Crippen molar-refractivity contribution in [1.82, 2.24) is 14.7 Å². The quantitative estimate of drug-likeness (QED) is 0.579. The van der Waals surface area contributed by atoms with E-state index in [-0.39, 0.29) is 24.2 Å². The number of phenols is 1. The summed E-state index contributed by atoms with van der Waals surface area (Å²) in [6.07, 6.45) is -0.844. The van der Waals surface area contributed by atoms with Gasteiger partial charge in [0.15, 0.2) is 5.69 Å². The summed E-state index contributed by atoms with van der Waals surface area (Å²) < 4.78 is 13.4. The van der Waals surface area contributed by atoms with Gasteiger partial charge in [-0.05, 0) is 37.3 Å². The molecule has 1 fully saturated rings. The third-order valence-corrected chi connectivity index (χ3v) is 7.20. The van der Waals surface area contributed by atoms with Crippen LogP contribution in [0.1, 0.15) is 55.4 Å². The number of aromatic hydroxyl groups is 1. The summed E-state index contributed by atoms with van der Waals surface area (Å²) in [6.45, 7) is 9.34. The zero-order valence-electron chi connectivity index (χ0n) is 19.7. The highest BCUT2D eigenvalue weighted by atomic mass is 32.1. The lowest BCUT2D eigenvalue weighted by atomic mass is 9.93. The van der Waals surface area contributed by atoms with E-state index in [2.05, 4.69) is 0 Å². The number of aliphatic hydroxyl groups excluding tert-OH is 1. The van der Waals surface area contributed by atoms with Crippen molar-refractivity contribution in [3.8, 4) is 28.4 Å². The van der Waals surface area contributed by atoms with Crippen molar-refractivity contribution in [2.24, 2.45) is 5.92 Å². The second-order valence-corrected chi connectivity index (χ2v) is 10.6. The van der Waals surface area contributed by atoms with Gasteiger partial charge in [0.25, 0.3) is 5.91 Å². The van der Waals surface area contributed by atoms with Crippen molar-refractivity contribution in [3.05, 3.63) is 45.8 Å². The second kappa shape index (κ2) is 8.41. The lowest BCUT2D eigenvalue weighted by molar-refractivity contribution is -0.0374. The van der Waals surface area contributed by atoms with Crippen LogP contribution in [0.5, 0.6) is 11.5 Å². The van der Waals surface area contributed by atoms with Gasteiger partial charge >= 0.3 is 0 Å². The highest BCUT2D eigenvalue weighted by Gasteiger charge is 2.39. The number of hydrogen-bond donors (Lipinski definition) is 2. The number of thiophene rings is 1. The number of aliphatic hydroxyl groups is 1. The van der Waals surface area contributed by atoms with E-state index in [9.17, 15) is 15.0 Å². The van der Waals surface area contributed by atoms with Crippen molar-refractivity contribution in [1.29, 1.82) is 0 Å². The first-order chi connectivity index (χ1) is 16.2. The van der Waals surface area contributed by atoms with Gasteiger partial charge in [0.1, 0.15) is 18.1 Å². The predicted octanol–water partition coefficient (Wildman–Crippen LogP) is 4.14. The van der Waals surface area contributed by atoms with Gasteiger partial charge in [-0.2, -0.15) is 16.4 Å². The molecule has 9 heteroatoms. The van der Waals surface area contributed by atoms with Crippen molar-refractivity contribution in [2.75, 3.05) is 19.8 Å². The van der Waals surface area contributed by atoms with Gasteiger partial charge in [0.2, 0.25) is 0 Å². The Hall–Kier alpha value is -2.88. The normalized spacial score (nSPS) is 17.8. The van der Waals surface area contributed by atoms with Crippen LogP contribution in [0.2, 0.25) is 0 Å². The summed E-state index contributed by atoms with van der Waals surface area (Å²) in [5, 5.41) is 30.0. The molecular formula is C25H29N3O5S. The van der Waals surface area contributed by atoms with Crippen LogP contribution in [0, 0.1) is 5.92 Å². The van der Waals surface area contributed by atoms with E-state index in [1.54, 1.807) is 22.1 Å². The molecule has 1 saturated heterocycles. The Kier molecular flexibility index (Phi) is 5.66. The molecule has 3 aromatic rings. The molecule has 4 heterocycles. The molecule has 1 unspecified atom stereocenters. The van der Waals surface area contributed by atoms with Crippen molar-refractivity contribution >= 4 is 17.2 Å². The van der Waals surface area contributed by atoms with E-state index in [0.29, 0.717) is 47.9 Å². The molecule has 0 spiro atoms. The van der Waals surface area contributed by atoms with Crippen LogP contribution in [0.15, 0.2) is 29.0 Å². The Balaban J connectivity index is 1.70. The lowest BCUT2D eigenvalue weighted by Gasteiger charge is -2.41. The second-order valence-electron chi connectivity index (χ2n) is 9.78. The van der Waals surface area contributed by atoms with Crippen LogP contribution < -0.4 is 4.74 Å². The largest absolute Gasteiger partial charge is 0.507 e. The number of carbonyl (C=O) groups is 1. The Morgan fingerprint density at radius 3 is 2.76 bits per heavy atom. The van der Waals surface area contributed by atoms with Crippen LogP contribution in [0.4, 0.5) is 0 Å². The summed E-state index contributed by atoms with van der Waals surface area (Å²) in [5.41, 5.74) is 3.28. The molecule has 180 valence electrons. The van der Waals surface area contributed by atoms with E-state index in [1.165, 1.54) is 6.07 Å². The van der Waals surface area contributed by atoms with Crippen molar-refractivity contribution in [3.63, 3.8) is 0 Å². The van der Waals surface area contributed by atoms with Crippen LogP contribution in [-0.2, 0) is 11.3 Å². The molecule has 2 aromatic heterocycles. The molecule has 0 bridgehead atoms. The first-order valence-corrected chi connectivity index (χ1v) is 12.4. The summed E-state index contributed by atoms with van der Waals surface area (Å²) >= 11 is 1.54. The number of morpholine rings is 1. The van der Waals surface area contributed by atoms with Crippen molar-refractivity contribution < 1.29 is 24.5 Å². The van der Waals surface area contributed by atoms with E-state index in [4.69, 9.17) is 14.6 Å². The number of hydrogen-bond acceptors (Lipinski definition) is 7. The molecular weight excluding hydrogens is 454 g/mol. The molecule has 0 radical (unpaired) electrons. The maximum absolute atomic E-state index is 13.8. The Bertz CT molecular complexity index is 1230. The number of fused-ring (bicyclic) bond motifs is 3. The van der Waals surface area contributed by atoms with E-state index in [0.717, 1.165) is 11.4 Å². The van der Waals surface area contributed by atoms with E-state index < -0.39 is 11.6 Å². The molecule has 2 N–H and O–H groups in total. The number of ether oxygens (including phenoxy) is 2. The number of benzene rings is 1. The topological polar surface area (TPSA) is 97.0 Å². The summed E-state index contributed by atoms with van der Waals surface area (Å²) in [7, 11) is 0. The van der Waals surface area contributed by atoms with Gasteiger partial charge in [-0.25, -0.2) is 4.68 Å². The molecule has 5 rings (SSSR count). The Morgan fingerprint density at radius 1 is 1.29 bits per heavy atom. The highest BCUT2D eigenvalue weighted by molar-refractivity contribution is 7.08. The molecule has 1 atom stereocenters. The standard InChI is InChI=1S/C25H29N3O5S/c1-14(2)23(30)16-9-17-20(10-19(16)29)33-11-18-21(24(31)27-6-7-32-13-25(27,3)4)26-28(22(17)18)15-5-8-34-12-15/h5,8-10,12,14,23,29-30H,6-7,11,13H2,1-4H3. The van der Waals surface area contributed by atoms with E-state index >= 15 is 0 Å². The first-order valence-electron chi connectivity index (χ1n) is 11.4. The summed E-state index contributed by atoms with van der Waals surface area (Å²) in [4.78, 5) is 15.6. The number of aromatic nitrogens is 2. The third-order valence-electron chi connectivity index (χ3n) is 6.53. The summed E-state index contributed by atoms with van der Waals surface area (Å²) in [6, 6.07) is 5.24. The van der Waals surface area contributed by atoms with Crippen LogP contribution in [0.25, 0.3) is 16.9 Å². The number of amides is 1. The van der Waals surface area contributed by atoms with Crippen LogP contribution in [0.3, 0.4) is 0 Å². The molecule has 1 amide bonds. The molecule has 1 aromatic carbocycles. The number of nitrogens with zero attached hydrogens (tertiary/aromatic N) is 3. The number of phenolic OH excluding ortho intramolecular Hbond substituents is 1. The predicted molar refractivity (Wildman–Crippen MR) is 129 cm³/mol. The minimum atomic E-state index is -0.844. The minimum absolute atomic E-state index is 0.0173. The van der Waals surface area contributed by atoms with Gasteiger partial charge in [0, 0.05) is 34.7 Å². The molecule has 34 heavy (non-hydrogen) atoms. The van der Waals surface area contributed by atoms with Crippen LogP contribution >= 0.6 is 11.3 Å². The van der Waals surface area contributed by atoms with Crippen LogP contribution in [-0.4, -0.2) is 56.1 Å². The number of carbonyl (C=O) groups excluding carboxylic acids is 1. The molecule has 2 aliphatic rings. The molecule has 0 saturated carbocycles. The van der Waals surface area contributed by atoms with Crippen molar-refractivity contribution in [2.45, 2.75) is 45.9 Å². The highest BCUT2D eigenvalue weighted by Crippen LogP contribution is 2.45. The smallest absolute Gasteiger partial charge is 0.275 e. The van der Waals surface area contributed by atoms with Gasteiger partial charge < -0.3 is 24.6 Å². The maximum Gasteiger partial charge on any atom is 0.275 e. The molecule has 8 nitrogen and oxygen atoms in total. The Labute approximate surface area is 202 Å². The van der Waals surface area contributed by atoms with Gasteiger partial charge in [-0.1, -0.05) is 13.8 Å². The Morgan fingerprint density at radius 2 is 2.09 bits per heavy atom. The monoisotopic (exact) mass is 483 g/mol. The summed E-state index contributed by atoms with van der Waals surface area (Å²) in [5.74, 6) is 0.227. The minimum Gasteiger partial charge on any atom is -0.507 e. The zero-order chi connectivity index (χ0) is 24.2. The first kappa shape index (κ1) is 22.9.